The first-order chi connectivity index (χ1) is 15.5. The van der Waals surface area contributed by atoms with E-state index in [1.807, 2.05) is 31.2 Å². The lowest BCUT2D eigenvalue weighted by molar-refractivity contribution is -0.141. The molecule has 0 aromatic heterocycles. The SMILES string of the molecule is CC[C@H](NC(=O)OCC1c2ccccc2-c2ccccc21)C(=O)N1CC2C(C1)C2C(=O)O. The first kappa shape index (κ1) is 20.5. The molecular weight excluding hydrogens is 408 g/mol. The van der Waals surface area contributed by atoms with Crippen LogP contribution < -0.4 is 5.32 Å². The molecule has 5 rings (SSSR count). The predicted molar refractivity (Wildman–Crippen MR) is 117 cm³/mol. The number of benzene rings is 2. The summed E-state index contributed by atoms with van der Waals surface area (Å²) < 4.78 is 5.56. The normalized spacial score (nSPS) is 23.7. The summed E-state index contributed by atoms with van der Waals surface area (Å²) in [4.78, 5) is 38.2. The van der Waals surface area contributed by atoms with Gasteiger partial charge in [-0.2, -0.15) is 0 Å². The molecule has 2 aromatic carbocycles. The second kappa shape index (κ2) is 7.97. The molecule has 0 radical (unpaired) electrons. The molecule has 7 heteroatoms. The Bertz CT molecular complexity index is 1030. The quantitative estimate of drug-likeness (QED) is 0.728. The van der Waals surface area contributed by atoms with Gasteiger partial charge >= 0.3 is 12.1 Å². The van der Waals surface area contributed by atoms with Crippen molar-refractivity contribution in [3.63, 3.8) is 0 Å². The van der Waals surface area contributed by atoms with E-state index in [0.717, 1.165) is 22.3 Å². The number of alkyl carbamates (subject to hydrolysis) is 1. The third-order valence-corrected chi connectivity index (χ3v) is 7.13. The van der Waals surface area contributed by atoms with Gasteiger partial charge in [0, 0.05) is 19.0 Å². The monoisotopic (exact) mass is 434 g/mol. The smallest absolute Gasteiger partial charge is 0.407 e. The largest absolute Gasteiger partial charge is 0.481 e. The van der Waals surface area contributed by atoms with Crippen LogP contribution in [0.5, 0.6) is 0 Å². The van der Waals surface area contributed by atoms with Crippen molar-refractivity contribution in [2.24, 2.45) is 17.8 Å². The summed E-state index contributed by atoms with van der Waals surface area (Å²) in [6.45, 7) is 2.93. The lowest BCUT2D eigenvalue weighted by Crippen LogP contribution is -2.48. The minimum atomic E-state index is -0.782. The molecule has 1 saturated carbocycles. The number of piperidine rings is 1. The minimum Gasteiger partial charge on any atom is -0.481 e. The Morgan fingerprint density at radius 2 is 1.59 bits per heavy atom. The summed E-state index contributed by atoms with van der Waals surface area (Å²) >= 11 is 0. The van der Waals surface area contributed by atoms with Crippen molar-refractivity contribution >= 4 is 18.0 Å². The second-order valence-electron chi connectivity index (χ2n) is 8.87. The molecule has 1 saturated heterocycles. The molecule has 2 unspecified atom stereocenters. The van der Waals surface area contributed by atoms with Crippen LogP contribution in [0.4, 0.5) is 4.79 Å². The molecule has 32 heavy (non-hydrogen) atoms. The third kappa shape index (κ3) is 3.42. The van der Waals surface area contributed by atoms with E-state index in [9.17, 15) is 14.4 Å². The number of nitrogens with zero attached hydrogens (tertiary/aromatic N) is 1. The molecule has 3 aliphatic rings. The molecule has 7 nitrogen and oxygen atoms in total. The molecule has 3 atom stereocenters. The zero-order valence-electron chi connectivity index (χ0n) is 17.9. The van der Waals surface area contributed by atoms with Gasteiger partial charge in [0.1, 0.15) is 12.6 Å². The van der Waals surface area contributed by atoms with Crippen LogP contribution in [-0.4, -0.2) is 53.7 Å². The van der Waals surface area contributed by atoms with Gasteiger partial charge in [0.15, 0.2) is 0 Å². The lowest BCUT2D eigenvalue weighted by atomic mass is 9.98. The van der Waals surface area contributed by atoms with Gasteiger partial charge in [0.25, 0.3) is 0 Å². The zero-order chi connectivity index (χ0) is 22.4. The number of hydrogen-bond acceptors (Lipinski definition) is 4. The summed E-state index contributed by atoms with van der Waals surface area (Å²) in [6, 6.07) is 15.6. The standard InChI is InChI=1S/C25H26N2O5/c1-2-21(23(28)27-11-18-19(12-27)22(18)24(29)30)26-25(31)32-13-20-16-9-5-3-7-14(16)15-8-4-6-10-17(15)20/h3-10,18-22H,2,11-13H2,1H3,(H,26,31)(H,29,30)/t18?,19?,21-,22?/m0/s1. The fourth-order valence-electron chi connectivity index (χ4n) is 5.41. The van der Waals surface area contributed by atoms with Crippen LogP contribution in [0.25, 0.3) is 11.1 Å². The van der Waals surface area contributed by atoms with Crippen molar-refractivity contribution < 1.29 is 24.2 Å². The Hall–Kier alpha value is -3.35. The highest BCUT2D eigenvalue weighted by Crippen LogP contribution is 2.51. The van der Waals surface area contributed by atoms with Crippen LogP contribution in [0.2, 0.25) is 0 Å². The number of fused-ring (bicyclic) bond motifs is 4. The number of carboxylic acids is 1. The Balaban J connectivity index is 1.19. The second-order valence-corrected chi connectivity index (χ2v) is 8.87. The van der Waals surface area contributed by atoms with Crippen LogP contribution in [-0.2, 0) is 14.3 Å². The fraction of sp³-hybridized carbons (Fsp3) is 0.400. The maximum atomic E-state index is 12.9. The Kier molecular flexibility index (Phi) is 5.12. The van der Waals surface area contributed by atoms with Crippen molar-refractivity contribution in [2.75, 3.05) is 19.7 Å². The lowest BCUT2D eigenvalue weighted by Gasteiger charge is -2.25. The number of carbonyl (C=O) groups is 3. The Morgan fingerprint density at radius 1 is 1.03 bits per heavy atom. The summed E-state index contributed by atoms with van der Waals surface area (Å²) in [7, 11) is 0. The van der Waals surface area contributed by atoms with Gasteiger partial charge in [0.05, 0.1) is 5.92 Å². The molecule has 1 heterocycles. The summed E-state index contributed by atoms with van der Waals surface area (Å²) in [5.41, 5.74) is 4.58. The molecule has 2 fully saturated rings. The summed E-state index contributed by atoms with van der Waals surface area (Å²) in [5.74, 6) is -1.23. The maximum Gasteiger partial charge on any atom is 0.407 e. The van der Waals surface area contributed by atoms with Gasteiger partial charge in [-0.05, 0) is 40.5 Å². The molecule has 2 amide bonds. The molecular formula is C25H26N2O5. The number of rotatable bonds is 6. The number of carbonyl (C=O) groups excluding carboxylic acids is 2. The first-order valence-corrected chi connectivity index (χ1v) is 11.1. The number of nitrogens with one attached hydrogen (secondary N) is 1. The molecule has 2 aliphatic carbocycles. The number of ether oxygens (including phenoxy) is 1. The highest BCUT2D eigenvalue weighted by Gasteiger charge is 2.60. The van der Waals surface area contributed by atoms with Gasteiger partial charge in [-0.1, -0.05) is 55.5 Å². The van der Waals surface area contributed by atoms with Crippen LogP contribution in [0, 0.1) is 17.8 Å². The Morgan fingerprint density at radius 3 is 2.12 bits per heavy atom. The predicted octanol–water partition coefficient (Wildman–Crippen LogP) is 3.09. The van der Waals surface area contributed by atoms with E-state index in [2.05, 4.69) is 29.6 Å². The zero-order valence-corrected chi connectivity index (χ0v) is 17.9. The van der Waals surface area contributed by atoms with Gasteiger partial charge in [-0.15, -0.1) is 0 Å². The molecule has 2 N–H and O–H groups in total. The van der Waals surface area contributed by atoms with E-state index in [-0.39, 0.29) is 36.2 Å². The summed E-state index contributed by atoms with van der Waals surface area (Å²) in [5, 5.41) is 11.9. The maximum absolute atomic E-state index is 12.9. The number of aliphatic carboxylic acids is 1. The van der Waals surface area contributed by atoms with Gasteiger partial charge < -0.3 is 20.1 Å². The highest BCUT2D eigenvalue weighted by molar-refractivity contribution is 5.87. The number of carboxylic acid groups (broad SMARTS) is 1. The van der Waals surface area contributed by atoms with Crippen LogP contribution >= 0.6 is 0 Å². The van der Waals surface area contributed by atoms with E-state index in [1.165, 1.54) is 0 Å². The van der Waals surface area contributed by atoms with Crippen LogP contribution in [0.1, 0.15) is 30.4 Å². The minimum absolute atomic E-state index is 0.0393. The van der Waals surface area contributed by atoms with Crippen molar-refractivity contribution in [1.29, 1.82) is 0 Å². The van der Waals surface area contributed by atoms with Crippen LogP contribution in [0.15, 0.2) is 48.5 Å². The fourth-order valence-corrected chi connectivity index (χ4v) is 5.41. The van der Waals surface area contributed by atoms with Crippen molar-refractivity contribution in [1.82, 2.24) is 10.2 Å². The van der Waals surface area contributed by atoms with E-state index in [1.54, 1.807) is 4.90 Å². The molecule has 0 bridgehead atoms. The highest BCUT2D eigenvalue weighted by atomic mass is 16.5. The molecule has 1 aliphatic heterocycles. The molecule has 0 spiro atoms. The summed E-state index contributed by atoms with van der Waals surface area (Å²) in [6.07, 6.45) is -0.170. The van der Waals surface area contributed by atoms with E-state index in [4.69, 9.17) is 9.84 Å². The van der Waals surface area contributed by atoms with Crippen molar-refractivity contribution in [3.8, 4) is 11.1 Å². The third-order valence-electron chi connectivity index (χ3n) is 7.13. The van der Waals surface area contributed by atoms with Gasteiger partial charge in [0.2, 0.25) is 5.91 Å². The average molecular weight is 434 g/mol. The first-order valence-electron chi connectivity index (χ1n) is 11.1. The molecule has 2 aromatic rings. The number of likely N-dealkylation sites (tertiary alicyclic amines) is 1. The van der Waals surface area contributed by atoms with Crippen molar-refractivity contribution in [3.05, 3.63) is 59.7 Å². The Labute approximate surface area is 186 Å². The number of hydrogen-bond donors (Lipinski definition) is 2. The molecule has 166 valence electrons. The van der Waals surface area contributed by atoms with E-state index in [0.29, 0.717) is 19.5 Å². The number of amides is 2. The van der Waals surface area contributed by atoms with Gasteiger partial charge in [-0.3, -0.25) is 9.59 Å². The topological polar surface area (TPSA) is 95.9 Å². The van der Waals surface area contributed by atoms with Gasteiger partial charge in [-0.25, -0.2) is 4.79 Å². The average Bonchev–Trinajstić information content (AvgIpc) is 3.16. The van der Waals surface area contributed by atoms with Crippen molar-refractivity contribution in [2.45, 2.75) is 25.3 Å². The van der Waals surface area contributed by atoms with E-state index >= 15 is 0 Å². The van der Waals surface area contributed by atoms with Crippen LogP contribution in [0.3, 0.4) is 0 Å². The van der Waals surface area contributed by atoms with E-state index < -0.39 is 18.1 Å².